The Labute approximate surface area is 103 Å². The monoisotopic (exact) mass is 246 g/mol. The number of aromatic nitrogens is 2. The number of anilines is 2. The summed E-state index contributed by atoms with van der Waals surface area (Å²) in [5, 5.41) is 0. The summed E-state index contributed by atoms with van der Waals surface area (Å²) < 4.78 is 18.5. The first-order chi connectivity index (χ1) is 8.65. The number of fused-ring (bicyclic) bond motifs is 1. The molecule has 0 spiro atoms. The van der Waals surface area contributed by atoms with Crippen LogP contribution in [0.15, 0.2) is 24.3 Å². The molecule has 3 rings (SSSR count). The van der Waals surface area contributed by atoms with Crippen molar-refractivity contribution in [1.29, 1.82) is 0 Å². The summed E-state index contributed by atoms with van der Waals surface area (Å²) in [6, 6.07) is 6.07. The topological polar surface area (TPSA) is 87.0 Å². The Bertz CT molecular complexity index is 600. The molecule has 6 heteroatoms. The van der Waals surface area contributed by atoms with Gasteiger partial charge >= 0.3 is 0 Å². The number of ether oxygens (including phenoxy) is 1. The number of hydrogen-bond acceptors (Lipinski definition) is 5. The molecule has 0 aliphatic carbocycles. The van der Waals surface area contributed by atoms with E-state index in [1.54, 1.807) is 12.1 Å². The number of nitrogens with zero attached hydrogens (tertiary/aromatic N) is 2. The van der Waals surface area contributed by atoms with E-state index in [0.717, 1.165) is 11.1 Å². The van der Waals surface area contributed by atoms with Crippen LogP contribution in [0.1, 0.15) is 22.9 Å². The van der Waals surface area contributed by atoms with E-state index >= 15 is 0 Å². The van der Waals surface area contributed by atoms with Crippen LogP contribution in [0.5, 0.6) is 0 Å². The van der Waals surface area contributed by atoms with Crippen LogP contribution in [0.4, 0.5) is 16.2 Å². The lowest BCUT2D eigenvalue weighted by atomic mass is 10.1. The van der Waals surface area contributed by atoms with Gasteiger partial charge in [0.25, 0.3) is 0 Å². The van der Waals surface area contributed by atoms with Crippen LogP contribution in [-0.2, 0) is 11.3 Å². The second-order valence-electron chi connectivity index (χ2n) is 4.07. The number of hydrogen-bond donors (Lipinski definition) is 2. The maximum atomic E-state index is 12.9. The average Bonchev–Trinajstić information content (AvgIpc) is 2.74. The van der Waals surface area contributed by atoms with Gasteiger partial charge in [0.2, 0.25) is 5.95 Å². The van der Waals surface area contributed by atoms with Crippen LogP contribution < -0.4 is 11.5 Å². The molecule has 18 heavy (non-hydrogen) atoms. The van der Waals surface area contributed by atoms with E-state index in [1.807, 2.05) is 0 Å². The second-order valence-corrected chi connectivity index (χ2v) is 4.07. The Morgan fingerprint density at radius 3 is 2.61 bits per heavy atom. The van der Waals surface area contributed by atoms with Crippen molar-refractivity contribution in [3.8, 4) is 0 Å². The molecule has 0 saturated carbocycles. The summed E-state index contributed by atoms with van der Waals surface area (Å²) in [5.74, 6) is 0.157. The standard InChI is InChI=1S/C12H11FN4O/c13-7-3-1-6(2-4-7)10-9-8(5-18-10)11(14)17-12(15)16-9/h1-4,10H,5H2,(H4,14,15,16,17). The lowest BCUT2D eigenvalue weighted by Crippen LogP contribution is -2.07. The van der Waals surface area contributed by atoms with Crippen LogP contribution in [-0.4, -0.2) is 9.97 Å². The van der Waals surface area contributed by atoms with E-state index in [9.17, 15) is 4.39 Å². The third-order valence-electron chi connectivity index (χ3n) is 2.90. The molecule has 4 N–H and O–H groups in total. The van der Waals surface area contributed by atoms with Gasteiger partial charge in [0, 0.05) is 5.56 Å². The summed E-state index contributed by atoms with van der Waals surface area (Å²) >= 11 is 0. The van der Waals surface area contributed by atoms with E-state index in [1.165, 1.54) is 12.1 Å². The zero-order valence-electron chi connectivity index (χ0n) is 9.43. The Morgan fingerprint density at radius 1 is 1.17 bits per heavy atom. The molecule has 2 heterocycles. The van der Waals surface area contributed by atoms with Gasteiger partial charge in [-0.1, -0.05) is 12.1 Å². The Kier molecular flexibility index (Phi) is 2.38. The van der Waals surface area contributed by atoms with Crippen molar-refractivity contribution in [2.45, 2.75) is 12.7 Å². The minimum Gasteiger partial charge on any atom is -0.383 e. The van der Waals surface area contributed by atoms with Crippen LogP contribution in [0, 0.1) is 5.82 Å². The molecule has 0 bridgehead atoms. The van der Waals surface area contributed by atoms with Crippen molar-refractivity contribution in [2.75, 3.05) is 11.5 Å². The molecule has 5 nitrogen and oxygen atoms in total. The highest BCUT2D eigenvalue weighted by Gasteiger charge is 2.29. The predicted molar refractivity (Wildman–Crippen MR) is 63.9 cm³/mol. The zero-order valence-corrected chi connectivity index (χ0v) is 9.43. The van der Waals surface area contributed by atoms with Gasteiger partial charge in [-0.15, -0.1) is 0 Å². The quantitative estimate of drug-likeness (QED) is 0.794. The fourth-order valence-electron chi connectivity index (χ4n) is 2.04. The van der Waals surface area contributed by atoms with Crippen LogP contribution >= 0.6 is 0 Å². The van der Waals surface area contributed by atoms with Gasteiger partial charge in [-0.2, -0.15) is 4.98 Å². The highest BCUT2D eigenvalue weighted by atomic mass is 19.1. The second kappa shape index (κ2) is 3.92. The summed E-state index contributed by atoms with van der Waals surface area (Å²) in [6.45, 7) is 0.337. The smallest absolute Gasteiger partial charge is 0.222 e. The van der Waals surface area contributed by atoms with Crippen molar-refractivity contribution in [1.82, 2.24) is 9.97 Å². The third kappa shape index (κ3) is 1.67. The van der Waals surface area contributed by atoms with E-state index in [-0.39, 0.29) is 17.9 Å². The van der Waals surface area contributed by atoms with E-state index in [0.29, 0.717) is 18.1 Å². The van der Waals surface area contributed by atoms with Crippen molar-refractivity contribution in [2.24, 2.45) is 0 Å². The van der Waals surface area contributed by atoms with E-state index < -0.39 is 0 Å². The van der Waals surface area contributed by atoms with Gasteiger partial charge in [-0.25, -0.2) is 9.37 Å². The molecule has 0 saturated heterocycles. The molecule has 0 fully saturated rings. The highest BCUT2D eigenvalue weighted by Crippen LogP contribution is 2.36. The molecule has 1 aromatic heterocycles. The molecule has 1 aromatic carbocycles. The third-order valence-corrected chi connectivity index (χ3v) is 2.90. The summed E-state index contributed by atoms with van der Waals surface area (Å²) in [5.41, 5.74) is 13.6. The number of benzene rings is 1. The normalized spacial score (nSPS) is 17.7. The number of nitrogens with two attached hydrogens (primary N) is 2. The van der Waals surface area contributed by atoms with Gasteiger partial charge in [0.05, 0.1) is 12.3 Å². The average molecular weight is 246 g/mol. The van der Waals surface area contributed by atoms with Gasteiger partial charge in [-0.05, 0) is 17.7 Å². The number of rotatable bonds is 1. The van der Waals surface area contributed by atoms with Gasteiger partial charge < -0.3 is 16.2 Å². The number of halogens is 1. The Hall–Kier alpha value is -2.21. The van der Waals surface area contributed by atoms with Crippen LogP contribution in [0.3, 0.4) is 0 Å². The van der Waals surface area contributed by atoms with Gasteiger partial charge in [0.15, 0.2) is 0 Å². The number of nitrogen functional groups attached to an aromatic ring is 2. The predicted octanol–water partition coefficient (Wildman–Crippen LogP) is 1.40. The molecule has 1 aliphatic rings. The molecular formula is C12H11FN4O. The lowest BCUT2D eigenvalue weighted by Gasteiger charge is -2.11. The first-order valence-corrected chi connectivity index (χ1v) is 5.44. The van der Waals surface area contributed by atoms with Crippen molar-refractivity contribution < 1.29 is 9.13 Å². The van der Waals surface area contributed by atoms with Gasteiger partial charge in [-0.3, -0.25) is 0 Å². The lowest BCUT2D eigenvalue weighted by molar-refractivity contribution is 0.0924. The fraction of sp³-hybridized carbons (Fsp3) is 0.167. The molecular weight excluding hydrogens is 235 g/mol. The Morgan fingerprint density at radius 2 is 1.89 bits per heavy atom. The van der Waals surface area contributed by atoms with Crippen LogP contribution in [0.25, 0.3) is 0 Å². The minimum atomic E-state index is -0.367. The zero-order chi connectivity index (χ0) is 12.7. The molecule has 1 aliphatic heterocycles. The van der Waals surface area contributed by atoms with Crippen LogP contribution in [0.2, 0.25) is 0 Å². The molecule has 0 radical (unpaired) electrons. The van der Waals surface area contributed by atoms with Crippen molar-refractivity contribution in [3.05, 3.63) is 46.9 Å². The molecule has 1 unspecified atom stereocenters. The van der Waals surface area contributed by atoms with Crippen molar-refractivity contribution in [3.63, 3.8) is 0 Å². The molecule has 0 amide bonds. The molecule has 1 atom stereocenters. The SMILES string of the molecule is Nc1nc(N)c2c(n1)C(c1ccc(F)cc1)OC2. The largest absolute Gasteiger partial charge is 0.383 e. The van der Waals surface area contributed by atoms with E-state index in [2.05, 4.69) is 9.97 Å². The first-order valence-electron chi connectivity index (χ1n) is 5.44. The summed E-state index contributed by atoms with van der Waals surface area (Å²) in [7, 11) is 0. The highest BCUT2D eigenvalue weighted by molar-refractivity contribution is 5.49. The first kappa shape index (κ1) is 10.9. The fourth-order valence-corrected chi connectivity index (χ4v) is 2.04. The van der Waals surface area contributed by atoms with Gasteiger partial charge in [0.1, 0.15) is 17.7 Å². The van der Waals surface area contributed by atoms with Crippen molar-refractivity contribution >= 4 is 11.8 Å². The maximum Gasteiger partial charge on any atom is 0.222 e. The summed E-state index contributed by atoms with van der Waals surface area (Å²) in [4.78, 5) is 8.05. The van der Waals surface area contributed by atoms with E-state index in [4.69, 9.17) is 16.2 Å². The summed E-state index contributed by atoms with van der Waals surface area (Å²) in [6.07, 6.45) is -0.367. The molecule has 92 valence electrons. The maximum absolute atomic E-state index is 12.9. The molecule has 2 aromatic rings. The Balaban J connectivity index is 2.07. The minimum absolute atomic E-state index is 0.115.